The second-order valence-corrected chi connectivity index (χ2v) is 10.5. The van der Waals surface area contributed by atoms with Gasteiger partial charge < -0.3 is 20.8 Å². The van der Waals surface area contributed by atoms with Crippen molar-refractivity contribution in [3.8, 4) is 11.5 Å². The van der Waals surface area contributed by atoms with Gasteiger partial charge in [0.25, 0.3) is 0 Å². The number of nitrogens with one attached hydrogen (secondary N) is 2. The molecule has 2 rings (SSSR count). The number of anilines is 2. The molecule has 0 saturated carbocycles. The van der Waals surface area contributed by atoms with Crippen LogP contribution in [-0.4, -0.2) is 40.8 Å². The van der Waals surface area contributed by atoms with Crippen LogP contribution in [-0.2, 0) is 10.4 Å². The van der Waals surface area contributed by atoms with E-state index in [1.165, 1.54) is 89.9 Å². The van der Waals surface area contributed by atoms with Crippen molar-refractivity contribution in [1.82, 2.24) is 0 Å². The van der Waals surface area contributed by atoms with Crippen LogP contribution in [0.25, 0.3) is 0 Å². The molecule has 0 bridgehead atoms. The van der Waals surface area contributed by atoms with Crippen molar-refractivity contribution >= 4 is 21.8 Å². The minimum atomic E-state index is -4.67. The van der Waals surface area contributed by atoms with Crippen molar-refractivity contribution in [1.29, 1.82) is 0 Å². The number of aromatic hydroxyl groups is 2. The zero-order chi connectivity index (χ0) is 29.2. The van der Waals surface area contributed by atoms with Crippen molar-refractivity contribution in [3.05, 3.63) is 48.5 Å². The maximum atomic E-state index is 9.55. The summed E-state index contributed by atoms with van der Waals surface area (Å²) in [7, 11) is -4.67. The normalized spacial score (nSPS) is 10.6. The first kappa shape index (κ1) is 36.5. The van der Waals surface area contributed by atoms with Crippen molar-refractivity contribution < 1.29 is 27.7 Å². The van der Waals surface area contributed by atoms with Crippen molar-refractivity contribution in [3.63, 3.8) is 0 Å². The van der Waals surface area contributed by atoms with Crippen LogP contribution in [0.2, 0.25) is 0 Å². The second-order valence-electron chi connectivity index (χ2n) is 9.58. The third-order valence-electron chi connectivity index (χ3n) is 6.00. The highest BCUT2D eigenvalue weighted by Crippen LogP contribution is 2.22. The van der Waals surface area contributed by atoms with Crippen LogP contribution in [0.15, 0.2) is 48.5 Å². The number of hydrogen-bond acceptors (Lipinski definition) is 6. The SMILES string of the molecule is CCCCCCCCCNc1ccccc1O.CCCCCCCCCNc1ccccc1O.O=S(=O)(O)O. The summed E-state index contributed by atoms with van der Waals surface area (Å²) >= 11 is 0. The molecule has 0 saturated heterocycles. The molecular weight excluding hydrogens is 516 g/mol. The van der Waals surface area contributed by atoms with E-state index in [2.05, 4.69) is 24.5 Å². The van der Waals surface area contributed by atoms with Crippen LogP contribution >= 0.6 is 0 Å². The first-order valence-electron chi connectivity index (χ1n) is 14.4. The van der Waals surface area contributed by atoms with Gasteiger partial charge in [-0.15, -0.1) is 0 Å². The molecule has 6 N–H and O–H groups in total. The zero-order valence-corrected chi connectivity index (χ0v) is 24.8. The molecule has 9 heteroatoms. The summed E-state index contributed by atoms with van der Waals surface area (Å²) in [4.78, 5) is 0. The largest absolute Gasteiger partial charge is 0.506 e. The summed E-state index contributed by atoms with van der Waals surface area (Å²) in [6.07, 6.45) is 18.5. The van der Waals surface area contributed by atoms with E-state index in [9.17, 15) is 10.2 Å². The van der Waals surface area contributed by atoms with Crippen LogP contribution in [0.1, 0.15) is 104 Å². The molecule has 2 aromatic carbocycles. The molecule has 0 amide bonds. The van der Waals surface area contributed by atoms with E-state index in [0.29, 0.717) is 11.5 Å². The smallest absolute Gasteiger partial charge is 0.394 e. The number of rotatable bonds is 18. The summed E-state index contributed by atoms with van der Waals surface area (Å²) in [6.45, 7) is 6.39. The Morgan fingerprint density at radius 1 is 0.538 bits per heavy atom. The van der Waals surface area contributed by atoms with E-state index >= 15 is 0 Å². The van der Waals surface area contributed by atoms with Crippen molar-refractivity contribution in [2.45, 2.75) is 104 Å². The Bertz CT molecular complexity index is 871. The first-order valence-corrected chi connectivity index (χ1v) is 15.8. The van der Waals surface area contributed by atoms with Crippen LogP contribution in [0.5, 0.6) is 11.5 Å². The molecule has 0 heterocycles. The third-order valence-corrected chi connectivity index (χ3v) is 6.00. The Morgan fingerprint density at radius 3 is 1.13 bits per heavy atom. The summed E-state index contributed by atoms with van der Waals surface area (Å²) in [5.41, 5.74) is 1.69. The van der Waals surface area contributed by atoms with E-state index in [-0.39, 0.29) is 0 Å². The Hall–Kier alpha value is -2.49. The minimum absolute atomic E-state index is 0.343. The first-order chi connectivity index (χ1) is 18.7. The van der Waals surface area contributed by atoms with Gasteiger partial charge in [0.2, 0.25) is 0 Å². The highest BCUT2D eigenvalue weighted by Gasteiger charge is 1.98. The Labute approximate surface area is 236 Å². The molecule has 0 spiro atoms. The second kappa shape index (κ2) is 24.5. The minimum Gasteiger partial charge on any atom is -0.506 e. The summed E-state index contributed by atoms with van der Waals surface area (Å²) in [6, 6.07) is 14.8. The topological polar surface area (TPSA) is 139 Å². The van der Waals surface area contributed by atoms with Gasteiger partial charge >= 0.3 is 10.4 Å². The van der Waals surface area contributed by atoms with Gasteiger partial charge in [0.1, 0.15) is 11.5 Å². The lowest BCUT2D eigenvalue weighted by molar-refractivity contribution is 0.381. The molecule has 224 valence electrons. The lowest BCUT2D eigenvalue weighted by Gasteiger charge is -2.07. The molecule has 2 aromatic rings. The lowest BCUT2D eigenvalue weighted by atomic mass is 10.1. The van der Waals surface area contributed by atoms with E-state index in [1.54, 1.807) is 12.1 Å². The fourth-order valence-electron chi connectivity index (χ4n) is 3.86. The monoisotopic (exact) mass is 568 g/mol. The van der Waals surface area contributed by atoms with E-state index in [1.807, 2.05) is 36.4 Å². The summed E-state index contributed by atoms with van der Waals surface area (Å²) in [5.74, 6) is 0.686. The number of hydrogen-bond donors (Lipinski definition) is 6. The van der Waals surface area contributed by atoms with Gasteiger partial charge in [-0.05, 0) is 37.1 Å². The van der Waals surface area contributed by atoms with E-state index < -0.39 is 10.4 Å². The van der Waals surface area contributed by atoms with Crippen molar-refractivity contribution in [2.75, 3.05) is 23.7 Å². The average molecular weight is 569 g/mol. The molecule has 0 aliphatic heterocycles. The van der Waals surface area contributed by atoms with Gasteiger partial charge in [-0.2, -0.15) is 8.42 Å². The van der Waals surface area contributed by atoms with E-state index in [4.69, 9.17) is 17.5 Å². The number of unbranched alkanes of at least 4 members (excludes halogenated alkanes) is 12. The Morgan fingerprint density at radius 2 is 0.821 bits per heavy atom. The number of phenolic OH excluding ortho intramolecular Hbond substituents is 2. The van der Waals surface area contributed by atoms with Crippen molar-refractivity contribution in [2.24, 2.45) is 0 Å². The molecule has 0 atom stereocenters. The van der Waals surface area contributed by atoms with Gasteiger partial charge in [-0.1, -0.05) is 115 Å². The van der Waals surface area contributed by atoms with Crippen LogP contribution in [0.3, 0.4) is 0 Å². The molecule has 0 fully saturated rings. The molecule has 8 nitrogen and oxygen atoms in total. The highest BCUT2D eigenvalue weighted by molar-refractivity contribution is 7.79. The third kappa shape index (κ3) is 25.5. The maximum absolute atomic E-state index is 9.55. The number of para-hydroxylation sites is 4. The predicted octanol–water partition coefficient (Wildman–Crippen LogP) is 8.46. The lowest BCUT2D eigenvalue weighted by Crippen LogP contribution is -2.01. The molecule has 0 aromatic heterocycles. The number of phenols is 2. The average Bonchev–Trinajstić information content (AvgIpc) is 2.89. The predicted molar refractivity (Wildman–Crippen MR) is 163 cm³/mol. The molecule has 0 aliphatic carbocycles. The zero-order valence-electron chi connectivity index (χ0n) is 23.9. The summed E-state index contributed by atoms with van der Waals surface area (Å²) < 4.78 is 31.6. The van der Waals surface area contributed by atoms with Crippen LogP contribution < -0.4 is 10.6 Å². The molecular formula is C30H52N2O6S. The van der Waals surface area contributed by atoms with E-state index in [0.717, 1.165) is 24.5 Å². The Balaban J connectivity index is 0.000000632. The van der Waals surface area contributed by atoms with Crippen LogP contribution in [0, 0.1) is 0 Å². The molecule has 0 radical (unpaired) electrons. The van der Waals surface area contributed by atoms with Gasteiger partial charge in [0.15, 0.2) is 0 Å². The van der Waals surface area contributed by atoms with Gasteiger partial charge in [0.05, 0.1) is 11.4 Å². The Kier molecular flexibility index (Phi) is 23.0. The molecule has 0 unspecified atom stereocenters. The number of benzene rings is 2. The van der Waals surface area contributed by atoms with Crippen LogP contribution in [0.4, 0.5) is 11.4 Å². The standard InChI is InChI=1S/2C15H25NO.H2O4S/c2*1-2-3-4-5-6-7-10-13-16-14-11-8-9-12-15(14)17;1-5(2,3)4/h2*8-9,11-12,16-17H,2-7,10,13H2,1H3;(H2,1,2,3,4). The van der Waals surface area contributed by atoms with Gasteiger partial charge in [0, 0.05) is 13.1 Å². The molecule has 39 heavy (non-hydrogen) atoms. The highest BCUT2D eigenvalue weighted by atomic mass is 32.3. The maximum Gasteiger partial charge on any atom is 0.394 e. The fraction of sp³-hybridized carbons (Fsp3) is 0.600. The quantitative estimate of drug-likeness (QED) is 0.0598. The van der Waals surface area contributed by atoms with Gasteiger partial charge in [-0.3, -0.25) is 9.11 Å². The summed E-state index contributed by atoms with van der Waals surface area (Å²) in [5, 5.41) is 25.6. The fourth-order valence-corrected chi connectivity index (χ4v) is 3.86. The van der Waals surface area contributed by atoms with Gasteiger partial charge in [-0.25, -0.2) is 0 Å². The molecule has 0 aliphatic rings.